The lowest BCUT2D eigenvalue weighted by Crippen LogP contribution is -2.38. The van der Waals surface area contributed by atoms with E-state index in [1.165, 1.54) is 11.3 Å². The number of likely N-dealkylation sites (N-methyl/N-ethyl adjacent to an activating group) is 1. The summed E-state index contributed by atoms with van der Waals surface area (Å²) >= 11 is 0. The van der Waals surface area contributed by atoms with Crippen LogP contribution in [0.15, 0.2) is 6.20 Å². The molecule has 98 valence electrons. The Hall–Kier alpha value is -0.870. The second-order valence-corrected chi connectivity index (χ2v) is 4.73. The van der Waals surface area contributed by atoms with Crippen molar-refractivity contribution in [1.82, 2.24) is 14.7 Å². The van der Waals surface area contributed by atoms with Crippen LogP contribution >= 0.6 is 0 Å². The van der Waals surface area contributed by atoms with Crippen molar-refractivity contribution in [1.29, 1.82) is 0 Å². The summed E-state index contributed by atoms with van der Waals surface area (Å²) in [6.07, 6.45) is 3.07. The fourth-order valence-electron chi connectivity index (χ4n) is 2.49. The van der Waals surface area contributed by atoms with Gasteiger partial charge in [-0.2, -0.15) is 5.10 Å². The standard InChI is InChI=1S/C13H26N4/c1-6-12-11(9-16(5)15-12)13(8-14)17(7-2)10(3)4/h9-10,13H,6-8,14H2,1-5H3. The molecule has 0 aliphatic rings. The first-order valence-corrected chi connectivity index (χ1v) is 6.53. The Balaban J connectivity index is 3.07. The Kier molecular flexibility index (Phi) is 5.15. The maximum absolute atomic E-state index is 5.97. The molecule has 1 unspecified atom stereocenters. The second kappa shape index (κ2) is 6.17. The lowest BCUT2D eigenvalue weighted by Gasteiger charge is -2.33. The van der Waals surface area contributed by atoms with Gasteiger partial charge in [-0.25, -0.2) is 0 Å². The van der Waals surface area contributed by atoms with Gasteiger partial charge in [0, 0.05) is 31.4 Å². The number of aromatic nitrogens is 2. The minimum atomic E-state index is 0.281. The average molecular weight is 238 g/mol. The molecule has 0 aliphatic heterocycles. The summed E-state index contributed by atoms with van der Waals surface area (Å²) in [6, 6.07) is 0.780. The Morgan fingerprint density at radius 1 is 1.41 bits per heavy atom. The number of nitrogens with zero attached hydrogens (tertiary/aromatic N) is 3. The summed E-state index contributed by atoms with van der Waals surface area (Å²) in [5.74, 6) is 0. The topological polar surface area (TPSA) is 47.1 Å². The van der Waals surface area contributed by atoms with Crippen LogP contribution in [0.4, 0.5) is 0 Å². The number of hydrogen-bond acceptors (Lipinski definition) is 3. The van der Waals surface area contributed by atoms with Crippen molar-refractivity contribution >= 4 is 0 Å². The summed E-state index contributed by atoms with van der Waals surface area (Å²) in [5, 5.41) is 4.51. The summed E-state index contributed by atoms with van der Waals surface area (Å²) < 4.78 is 1.89. The largest absolute Gasteiger partial charge is 0.329 e. The van der Waals surface area contributed by atoms with Crippen molar-refractivity contribution < 1.29 is 0 Å². The molecular formula is C13H26N4. The zero-order valence-corrected chi connectivity index (χ0v) is 11.8. The first kappa shape index (κ1) is 14.2. The van der Waals surface area contributed by atoms with Gasteiger partial charge < -0.3 is 5.73 Å². The Bertz CT molecular complexity index is 343. The summed E-state index contributed by atoms with van der Waals surface area (Å²) in [7, 11) is 1.97. The van der Waals surface area contributed by atoms with E-state index in [1.807, 2.05) is 11.7 Å². The maximum atomic E-state index is 5.97. The van der Waals surface area contributed by atoms with Crippen molar-refractivity contribution in [2.24, 2.45) is 12.8 Å². The van der Waals surface area contributed by atoms with Gasteiger partial charge in [0.25, 0.3) is 0 Å². The Labute approximate surface area is 105 Å². The quantitative estimate of drug-likeness (QED) is 0.821. The van der Waals surface area contributed by atoms with Gasteiger partial charge >= 0.3 is 0 Å². The maximum Gasteiger partial charge on any atom is 0.0670 e. The zero-order valence-electron chi connectivity index (χ0n) is 11.8. The smallest absolute Gasteiger partial charge is 0.0670 e. The van der Waals surface area contributed by atoms with Crippen molar-refractivity contribution in [2.75, 3.05) is 13.1 Å². The highest BCUT2D eigenvalue weighted by Gasteiger charge is 2.23. The number of hydrogen-bond donors (Lipinski definition) is 1. The van der Waals surface area contributed by atoms with Crippen LogP contribution in [0.5, 0.6) is 0 Å². The molecule has 1 heterocycles. The van der Waals surface area contributed by atoms with Crippen LogP contribution in [0.25, 0.3) is 0 Å². The SMILES string of the molecule is CCc1nn(C)cc1C(CN)N(CC)C(C)C. The molecule has 4 nitrogen and oxygen atoms in total. The van der Waals surface area contributed by atoms with Gasteiger partial charge in [-0.1, -0.05) is 13.8 Å². The minimum Gasteiger partial charge on any atom is -0.329 e. The summed E-state index contributed by atoms with van der Waals surface area (Å²) in [5.41, 5.74) is 8.43. The van der Waals surface area contributed by atoms with E-state index in [1.54, 1.807) is 0 Å². The lowest BCUT2D eigenvalue weighted by molar-refractivity contribution is 0.166. The molecule has 0 spiro atoms. The molecule has 0 amide bonds. The normalized spacial score (nSPS) is 13.6. The van der Waals surface area contributed by atoms with E-state index in [4.69, 9.17) is 5.73 Å². The van der Waals surface area contributed by atoms with E-state index in [-0.39, 0.29) is 6.04 Å². The van der Waals surface area contributed by atoms with Crippen molar-refractivity contribution in [3.63, 3.8) is 0 Å². The van der Waals surface area contributed by atoms with Crippen LogP contribution in [0.2, 0.25) is 0 Å². The van der Waals surface area contributed by atoms with E-state index in [2.05, 4.69) is 43.9 Å². The lowest BCUT2D eigenvalue weighted by atomic mass is 10.0. The van der Waals surface area contributed by atoms with Crippen LogP contribution in [0.1, 0.15) is 45.0 Å². The molecule has 0 radical (unpaired) electrons. The molecular weight excluding hydrogens is 212 g/mol. The van der Waals surface area contributed by atoms with Crippen LogP contribution in [-0.2, 0) is 13.5 Å². The number of aryl methyl sites for hydroxylation is 2. The van der Waals surface area contributed by atoms with E-state index < -0.39 is 0 Å². The van der Waals surface area contributed by atoms with E-state index in [0.29, 0.717) is 12.6 Å². The summed E-state index contributed by atoms with van der Waals surface area (Å²) in [6.45, 7) is 10.4. The third-order valence-corrected chi connectivity index (χ3v) is 3.28. The van der Waals surface area contributed by atoms with Gasteiger partial charge in [0.1, 0.15) is 0 Å². The second-order valence-electron chi connectivity index (χ2n) is 4.73. The first-order chi connectivity index (χ1) is 8.04. The van der Waals surface area contributed by atoms with Crippen molar-refractivity contribution in [3.8, 4) is 0 Å². The predicted octanol–water partition coefficient (Wildman–Crippen LogP) is 1.71. The van der Waals surface area contributed by atoms with Crippen molar-refractivity contribution in [2.45, 2.75) is 46.2 Å². The van der Waals surface area contributed by atoms with Gasteiger partial charge in [0.05, 0.1) is 11.7 Å². The molecule has 0 saturated carbocycles. The van der Waals surface area contributed by atoms with Crippen LogP contribution in [0, 0.1) is 0 Å². The fraction of sp³-hybridized carbons (Fsp3) is 0.769. The van der Waals surface area contributed by atoms with Gasteiger partial charge in [-0.05, 0) is 26.8 Å². The highest BCUT2D eigenvalue weighted by molar-refractivity contribution is 5.22. The highest BCUT2D eigenvalue weighted by Crippen LogP contribution is 2.24. The monoisotopic (exact) mass is 238 g/mol. The van der Waals surface area contributed by atoms with Gasteiger partial charge in [0.2, 0.25) is 0 Å². The molecule has 0 fully saturated rings. The van der Waals surface area contributed by atoms with Crippen molar-refractivity contribution in [3.05, 3.63) is 17.5 Å². The van der Waals surface area contributed by atoms with Gasteiger partial charge in [-0.3, -0.25) is 9.58 Å². The molecule has 1 atom stereocenters. The fourth-order valence-corrected chi connectivity index (χ4v) is 2.49. The Morgan fingerprint density at radius 3 is 2.47 bits per heavy atom. The van der Waals surface area contributed by atoms with Crippen LogP contribution < -0.4 is 5.73 Å². The minimum absolute atomic E-state index is 0.281. The average Bonchev–Trinajstić information content (AvgIpc) is 2.66. The molecule has 4 heteroatoms. The van der Waals surface area contributed by atoms with E-state index in [9.17, 15) is 0 Å². The molecule has 1 aromatic rings. The van der Waals surface area contributed by atoms with Gasteiger partial charge in [0.15, 0.2) is 0 Å². The van der Waals surface area contributed by atoms with E-state index in [0.717, 1.165) is 13.0 Å². The third-order valence-electron chi connectivity index (χ3n) is 3.28. The first-order valence-electron chi connectivity index (χ1n) is 6.53. The summed E-state index contributed by atoms with van der Waals surface area (Å²) in [4.78, 5) is 2.43. The number of rotatable bonds is 6. The van der Waals surface area contributed by atoms with E-state index >= 15 is 0 Å². The molecule has 0 saturated heterocycles. The molecule has 0 aliphatic carbocycles. The van der Waals surface area contributed by atoms with Crippen LogP contribution in [-0.4, -0.2) is 33.8 Å². The molecule has 1 rings (SSSR count). The van der Waals surface area contributed by atoms with Gasteiger partial charge in [-0.15, -0.1) is 0 Å². The third kappa shape index (κ3) is 3.07. The van der Waals surface area contributed by atoms with Crippen LogP contribution in [0.3, 0.4) is 0 Å². The molecule has 1 aromatic heterocycles. The zero-order chi connectivity index (χ0) is 13.0. The molecule has 0 bridgehead atoms. The Morgan fingerprint density at radius 2 is 2.06 bits per heavy atom. The molecule has 2 N–H and O–H groups in total. The molecule has 0 aromatic carbocycles. The highest BCUT2D eigenvalue weighted by atomic mass is 15.3. The molecule has 17 heavy (non-hydrogen) atoms. The predicted molar refractivity (Wildman–Crippen MR) is 71.9 cm³/mol. The number of nitrogens with two attached hydrogens (primary N) is 1.